The number of hydrogen-bond donors (Lipinski definition) is 1. The largest absolute Gasteiger partial charge is 0.444 e. The van der Waals surface area contributed by atoms with E-state index in [0.29, 0.717) is 35.4 Å². The number of nitriles is 1. The molecule has 1 amide bonds. The maximum absolute atomic E-state index is 12.0. The van der Waals surface area contributed by atoms with Crippen molar-refractivity contribution in [1.29, 1.82) is 5.26 Å². The summed E-state index contributed by atoms with van der Waals surface area (Å²) in [5.41, 5.74) is 0.622. The SMILES string of the molecule is N#Cc1cc2c(Br)c(NC3CCC(N4CCC(N5CCCC5=O)CC4)CC3)ncc2o1. The molecule has 0 radical (unpaired) electrons. The average Bonchev–Trinajstić information content (AvgIpc) is 3.43. The molecule has 7 nitrogen and oxygen atoms in total. The Morgan fingerprint density at radius 1 is 1.13 bits per heavy atom. The second-order valence-electron chi connectivity index (χ2n) is 9.03. The second kappa shape index (κ2) is 8.79. The summed E-state index contributed by atoms with van der Waals surface area (Å²) in [7, 11) is 0. The van der Waals surface area contributed by atoms with Gasteiger partial charge in [0.1, 0.15) is 11.9 Å². The molecule has 164 valence electrons. The van der Waals surface area contributed by atoms with Crippen LogP contribution in [-0.2, 0) is 4.79 Å². The zero-order valence-electron chi connectivity index (χ0n) is 17.6. The van der Waals surface area contributed by atoms with Crippen LogP contribution in [0.3, 0.4) is 0 Å². The van der Waals surface area contributed by atoms with Gasteiger partial charge in [-0.2, -0.15) is 5.26 Å². The number of carbonyl (C=O) groups is 1. The maximum Gasteiger partial charge on any atom is 0.222 e. The highest BCUT2D eigenvalue weighted by atomic mass is 79.9. The quantitative estimate of drug-likeness (QED) is 0.695. The molecule has 0 spiro atoms. The summed E-state index contributed by atoms with van der Waals surface area (Å²) in [6, 6.07) is 5.31. The lowest BCUT2D eigenvalue weighted by atomic mass is 9.88. The zero-order valence-corrected chi connectivity index (χ0v) is 19.2. The van der Waals surface area contributed by atoms with E-state index in [2.05, 4.69) is 36.0 Å². The minimum absolute atomic E-state index is 0.299. The summed E-state index contributed by atoms with van der Waals surface area (Å²) >= 11 is 3.63. The first-order valence-electron chi connectivity index (χ1n) is 11.4. The van der Waals surface area contributed by atoms with Crippen LogP contribution in [0.25, 0.3) is 11.0 Å². The Morgan fingerprint density at radius 2 is 1.90 bits per heavy atom. The first kappa shape index (κ1) is 20.8. The number of fused-ring (bicyclic) bond motifs is 1. The van der Waals surface area contributed by atoms with Crippen molar-refractivity contribution in [3.8, 4) is 6.07 Å². The van der Waals surface area contributed by atoms with Crippen LogP contribution in [0, 0.1) is 11.3 Å². The number of hydrogen-bond acceptors (Lipinski definition) is 6. The number of pyridine rings is 1. The molecular formula is C23H28BrN5O2. The third kappa shape index (κ3) is 4.18. The lowest BCUT2D eigenvalue weighted by Crippen LogP contribution is -2.49. The number of carbonyl (C=O) groups excluding carboxylic acids is 1. The third-order valence-corrected chi connectivity index (χ3v) is 8.03. The van der Waals surface area contributed by atoms with Gasteiger partial charge >= 0.3 is 0 Å². The van der Waals surface area contributed by atoms with E-state index < -0.39 is 0 Å². The molecule has 1 N–H and O–H groups in total. The second-order valence-corrected chi connectivity index (χ2v) is 9.82. The van der Waals surface area contributed by atoms with Gasteiger partial charge in [0.2, 0.25) is 11.7 Å². The Balaban J connectivity index is 1.14. The van der Waals surface area contributed by atoms with Crippen LogP contribution in [0.4, 0.5) is 5.82 Å². The Labute approximate surface area is 190 Å². The van der Waals surface area contributed by atoms with Gasteiger partial charge in [-0.25, -0.2) is 4.98 Å². The van der Waals surface area contributed by atoms with E-state index >= 15 is 0 Å². The zero-order chi connectivity index (χ0) is 21.4. The molecule has 31 heavy (non-hydrogen) atoms. The standard InChI is InChI=1S/C23H28BrN5O2/c24-22-19-12-18(13-25)31-20(19)14-26-23(22)27-15-3-5-16(6-4-15)28-10-7-17(8-11-28)29-9-1-2-21(29)30/h12,14-17H,1-11H2,(H,26,27). The summed E-state index contributed by atoms with van der Waals surface area (Å²) < 4.78 is 6.32. The van der Waals surface area contributed by atoms with Gasteiger partial charge in [-0.05, 0) is 60.9 Å². The van der Waals surface area contributed by atoms with Gasteiger partial charge < -0.3 is 19.5 Å². The van der Waals surface area contributed by atoms with E-state index in [1.54, 1.807) is 12.3 Å². The molecule has 0 bridgehead atoms. The lowest BCUT2D eigenvalue weighted by Gasteiger charge is -2.42. The Kier molecular flexibility index (Phi) is 5.89. The Hall–Kier alpha value is -2.11. The van der Waals surface area contributed by atoms with Crippen molar-refractivity contribution in [2.45, 2.75) is 69.5 Å². The van der Waals surface area contributed by atoms with Crippen LogP contribution in [0.15, 0.2) is 21.2 Å². The first-order chi connectivity index (χ1) is 15.1. The van der Waals surface area contributed by atoms with E-state index in [1.807, 2.05) is 6.07 Å². The summed E-state index contributed by atoms with van der Waals surface area (Å²) in [6.07, 6.45) is 10.3. The molecule has 2 saturated heterocycles. The van der Waals surface area contributed by atoms with Crippen molar-refractivity contribution in [1.82, 2.24) is 14.8 Å². The van der Waals surface area contributed by atoms with E-state index in [9.17, 15) is 4.79 Å². The van der Waals surface area contributed by atoms with Crippen molar-refractivity contribution in [2.24, 2.45) is 0 Å². The van der Waals surface area contributed by atoms with Crippen LogP contribution in [0.5, 0.6) is 0 Å². The van der Waals surface area contributed by atoms with E-state index in [4.69, 9.17) is 9.68 Å². The summed E-state index contributed by atoms with van der Waals surface area (Å²) in [6.45, 7) is 3.19. The molecule has 5 rings (SSSR count). The van der Waals surface area contributed by atoms with Crippen molar-refractivity contribution in [3.63, 3.8) is 0 Å². The molecule has 2 aromatic heterocycles. The molecule has 0 aromatic carbocycles. The molecule has 1 saturated carbocycles. The highest BCUT2D eigenvalue weighted by Gasteiger charge is 2.34. The minimum Gasteiger partial charge on any atom is -0.444 e. The predicted octanol–water partition coefficient (Wildman–Crippen LogP) is 4.27. The van der Waals surface area contributed by atoms with E-state index in [-0.39, 0.29) is 0 Å². The van der Waals surface area contributed by atoms with Crippen molar-refractivity contribution >= 4 is 38.6 Å². The smallest absolute Gasteiger partial charge is 0.222 e. The van der Waals surface area contributed by atoms with Gasteiger partial charge in [0.15, 0.2) is 5.58 Å². The number of rotatable bonds is 4. The van der Waals surface area contributed by atoms with Crippen LogP contribution in [0.2, 0.25) is 0 Å². The number of nitrogens with one attached hydrogen (secondary N) is 1. The predicted molar refractivity (Wildman–Crippen MR) is 122 cm³/mol. The normalized spacial score (nSPS) is 25.8. The number of anilines is 1. The first-order valence-corrected chi connectivity index (χ1v) is 12.2. The van der Waals surface area contributed by atoms with Gasteiger partial charge in [-0.15, -0.1) is 0 Å². The van der Waals surface area contributed by atoms with Gasteiger partial charge in [-0.3, -0.25) is 4.79 Å². The number of aromatic nitrogens is 1. The number of piperidine rings is 1. The highest BCUT2D eigenvalue weighted by Crippen LogP contribution is 2.34. The fourth-order valence-corrected chi connectivity index (χ4v) is 6.06. The molecule has 0 unspecified atom stereocenters. The van der Waals surface area contributed by atoms with Crippen LogP contribution < -0.4 is 5.32 Å². The molecule has 3 fully saturated rings. The summed E-state index contributed by atoms with van der Waals surface area (Å²) in [5.74, 6) is 1.48. The molecule has 2 aromatic rings. The molecule has 8 heteroatoms. The summed E-state index contributed by atoms with van der Waals surface area (Å²) in [5, 5.41) is 13.5. The number of likely N-dealkylation sites (tertiary alicyclic amines) is 2. The Morgan fingerprint density at radius 3 is 2.58 bits per heavy atom. The van der Waals surface area contributed by atoms with Crippen molar-refractivity contribution in [2.75, 3.05) is 25.0 Å². The van der Waals surface area contributed by atoms with E-state index in [0.717, 1.165) is 73.8 Å². The van der Waals surface area contributed by atoms with Gasteiger partial charge in [0.25, 0.3) is 0 Å². The minimum atomic E-state index is 0.299. The fourth-order valence-electron chi connectivity index (χ4n) is 5.53. The molecule has 1 aliphatic carbocycles. The summed E-state index contributed by atoms with van der Waals surface area (Å²) in [4.78, 5) is 21.3. The fraction of sp³-hybridized carbons (Fsp3) is 0.609. The highest BCUT2D eigenvalue weighted by molar-refractivity contribution is 9.10. The van der Waals surface area contributed by atoms with Gasteiger partial charge in [0.05, 0.1) is 10.7 Å². The molecule has 2 aliphatic heterocycles. The lowest BCUT2D eigenvalue weighted by molar-refractivity contribution is -0.130. The monoisotopic (exact) mass is 485 g/mol. The average molecular weight is 486 g/mol. The van der Waals surface area contributed by atoms with Crippen molar-refractivity contribution < 1.29 is 9.21 Å². The molecular weight excluding hydrogens is 458 g/mol. The molecule has 4 heterocycles. The number of nitrogens with zero attached hydrogens (tertiary/aromatic N) is 4. The topological polar surface area (TPSA) is 85.4 Å². The maximum atomic E-state index is 12.0. The van der Waals surface area contributed by atoms with Crippen LogP contribution in [-0.4, -0.2) is 58.5 Å². The number of halogens is 1. The molecule has 0 atom stereocenters. The van der Waals surface area contributed by atoms with Gasteiger partial charge in [0, 0.05) is 55.6 Å². The van der Waals surface area contributed by atoms with Gasteiger partial charge in [-0.1, -0.05) is 0 Å². The molecule has 3 aliphatic rings. The van der Waals surface area contributed by atoms with Crippen LogP contribution in [0.1, 0.15) is 57.1 Å². The van der Waals surface area contributed by atoms with E-state index in [1.165, 1.54) is 12.8 Å². The van der Waals surface area contributed by atoms with Crippen molar-refractivity contribution in [3.05, 3.63) is 22.5 Å². The third-order valence-electron chi connectivity index (χ3n) is 7.23. The Bertz CT molecular complexity index is 999. The van der Waals surface area contributed by atoms with Crippen LogP contribution >= 0.6 is 15.9 Å². The number of furan rings is 1. The number of amides is 1.